The number of sulfonamides is 1. The van der Waals surface area contributed by atoms with Gasteiger partial charge < -0.3 is 9.47 Å². The zero-order valence-corrected chi connectivity index (χ0v) is 16.2. The molecule has 140 valence electrons. The van der Waals surface area contributed by atoms with Crippen LogP contribution in [0.2, 0.25) is 0 Å². The molecule has 0 radical (unpaired) electrons. The Kier molecular flexibility index (Phi) is 5.53. The van der Waals surface area contributed by atoms with Gasteiger partial charge in [0.05, 0.1) is 18.0 Å². The van der Waals surface area contributed by atoms with Crippen LogP contribution in [0.4, 0.5) is 0 Å². The predicted octanol–water partition coefficient (Wildman–Crippen LogP) is 3.18. The van der Waals surface area contributed by atoms with Crippen molar-refractivity contribution in [1.29, 1.82) is 0 Å². The zero-order valence-electron chi connectivity index (χ0n) is 15.4. The Morgan fingerprint density at radius 1 is 1.19 bits per heavy atom. The van der Waals surface area contributed by atoms with Crippen molar-refractivity contribution < 1.29 is 17.9 Å². The van der Waals surface area contributed by atoms with E-state index >= 15 is 0 Å². The average Bonchev–Trinajstić information content (AvgIpc) is 2.60. The summed E-state index contributed by atoms with van der Waals surface area (Å²) in [6, 6.07) is 12.4. The van der Waals surface area contributed by atoms with Crippen molar-refractivity contribution in [3.8, 4) is 11.5 Å². The van der Waals surface area contributed by atoms with E-state index in [4.69, 9.17) is 9.47 Å². The van der Waals surface area contributed by atoms with E-state index in [-0.39, 0.29) is 17.5 Å². The van der Waals surface area contributed by atoms with Crippen LogP contribution in [0, 0.1) is 5.92 Å². The van der Waals surface area contributed by atoms with Crippen molar-refractivity contribution >= 4 is 10.0 Å². The molecule has 1 aliphatic heterocycles. The Hall–Kier alpha value is -2.05. The van der Waals surface area contributed by atoms with Crippen molar-refractivity contribution in [1.82, 2.24) is 4.72 Å². The molecule has 0 spiro atoms. The number of ether oxygens (including phenoxy) is 2. The molecule has 1 heterocycles. The molecule has 0 saturated carbocycles. The van der Waals surface area contributed by atoms with Gasteiger partial charge in [-0.2, -0.15) is 0 Å². The molecule has 26 heavy (non-hydrogen) atoms. The largest absolute Gasteiger partial charge is 0.493 e. The minimum absolute atomic E-state index is 0.276. The fourth-order valence-corrected chi connectivity index (χ4v) is 4.41. The summed E-state index contributed by atoms with van der Waals surface area (Å²) >= 11 is 0. The quantitative estimate of drug-likeness (QED) is 0.842. The minimum atomic E-state index is -3.58. The van der Waals surface area contributed by atoms with Crippen molar-refractivity contribution in [3.05, 3.63) is 53.6 Å². The number of nitrogens with one attached hydrogen (secondary N) is 1. The number of hydrogen-bond acceptors (Lipinski definition) is 4. The van der Waals surface area contributed by atoms with Crippen LogP contribution in [0.3, 0.4) is 0 Å². The minimum Gasteiger partial charge on any atom is -0.493 e. The molecule has 0 unspecified atom stereocenters. The first-order valence-electron chi connectivity index (χ1n) is 8.79. The van der Waals surface area contributed by atoms with Crippen LogP contribution in [-0.4, -0.2) is 28.2 Å². The second-order valence-corrected chi connectivity index (χ2v) is 8.74. The molecule has 1 N–H and O–H groups in total. The lowest BCUT2D eigenvalue weighted by atomic mass is 10.0. The molecule has 0 saturated heterocycles. The van der Waals surface area contributed by atoms with Gasteiger partial charge in [0.2, 0.25) is 10.0 Å². The van der Waals surface area contributed by atoms with Crippen molar-refractivity contribution in [2.45, 2.75) is 37.6 Å². The maximum Gasteiger partial charge on any atom is 0.240 e. The van der Waals surface area contributed by atoms with Gasteiger partial charge in [0.15, 0.2) is 11.5 Å². The molecule has 0 fully saturated rings. The van der Waals surface area contributed by atoms with Gasteiger partial charge in [-0.1, -0.05) is 38.1 Å². The number of para-hydroxylation sites is 1. The Morgan fingerprint density at radius 2 is 1.92 bits per heavy atom. The predicted molar refractivity (Wildman–Crippen MR) is 101 cm³/mol. The maximum absolute atomic E-state index is 12.7. The van der Waals surface area contributed by atoms with E-state index in [9.17, 15) is 8.42 Å². The molecule has 2 aromatic rings. The van der Waals surface area contributed by atoms with E-state index in [1.54, 1.807) is 19.2 Å². The van der Waals surface area contributed by atoms with Crippen molar-refractivity contribution in [3.63, 3.8) is 0 Å². The van der Waals surface area contributed by atoms with Gasteiger partial charge >= 0.3 is 0 Å². The third-order valence-electron chi connectivity index (χ3n) is 4.37. The highest BCUT2D eigenvalue weighted by molar-refractivity contribution is 7.89. The smallest absolute Gasteiger partial charge is 0.240 e. The molecule has 0 bridgehead atoms. The van der Waals surface area contributed by atoms with Gasteiger partial charge in [0.1, 0.15) is 6.61 Å². The number of benzene rings is 2. The first-order valence-corrected chi connectivity index (χ1v) is 10.3. The summed E-state index contributed by atoms with van der Waals surface area (Å²) in [6.07, 6.45) is 1.50. The molecule has 2 aromatic carbocycles. The Bertz CT molecular complexity index is 860. The average molecular weight is 375 g/mol. The molecule has 3 rings (SSSR count). The Morgan fingerprint density at radius 3 is 2.58 bits per heavy atom. The lowest BCUT2D eigenvalue weighted by Crippen LogP contribution is -2.42. The molecule has 6 heteroatoms. The van der Waals surface area contributed by atoms with Crippen LogP contribution in [0.15, 0.2) is 47.4 Å². The van der Waals surface area contributed by atoms with E-state index < -0.39 is 10.0 Å². The first-order chi connectivity index (χ1) is 12.4. The fraction of sp³-hybridized carbons (Fsp3) is 0.400. The first kappa shape index (κ1) is 18.7. The zero-order chi connectivity index (χ0) is 18.7. The van der Waals surface area contributed by atoms with E-state index in [0.29, 0.717) is 23.8 Å². The molecule has 5 nitrogen and oxygen atoms in total. The van der Waals surface area contributed by atoms with Crippen LogP contribution in [0.1, 0.15) is 25.0 Å². The van der Waals surface area contributed by atoms with Crippen molar-refractivity contribution in [2.75, 3.05) is 13.7 Å². The Balaban J connectivity index is 1.72. The molecule has 0 amide bonds. The standard InChI is InChI=1S/C20H25NO4S/c1-14(2)11-15-7-9-18(10-8-15)26(22,23)21-17-12-16-5-4-6-19(24-3)20(16)25-13-17/h4-10,14,17,21H,11-13H2,1-3H3/t17-/m0/s1. The van der Waals surface area contributed by atoms with Gasteiger partial charge in [0.25, 0.3) is 0 Å². The van der Waals surface area contributed by atoms with Crippen LogP contribution in [0.5, 0.6) is 11.5 Å². The van der Waals surface area contributed by atoms with E-state index in [1.807, 2.05) is 30.3 Å². The van der Waals surface area contributed by atoms with Crippen molar-refractivity contribution in [2.24, 2.45) is 5.92 Å². The monoisotopic (exact) mass is 375 g/mol. The van der Waals surface area contributed by atoms with Gasteiger partial charge in [-0.05, 0) is 48.1 Å². The second kappa shape index (κ2) is 7.68. The normalized spacial score (nSPS) is 16.8. The molecule has 0 aromatic heterocycles. The lowest BCUT2D eigenvalue weighted by molar-refractivity contribution is 0.240. The van der Waals surface area contributed by atoms with Gasteiger partial charge in [-0.15, -0.1) is 0 Å². The van der Waals surface area contributed by atoms with Gasteiger partial charge in [-0.25, -0.2) is 13.1 Å². The summed E-state index contributed by atoms with van der Waals surface area (Å²) in [5.74, 6) is 1.90. The molecule has 1 aliphatic rings. The van der Waals surface area contributed by atoms with Crippen LogP contribution >= 0.6 is 0 Å². The van der Waals surface area contributed by atoms with Crippen LogP contribution in [-0.2, 0) is 22.9 Å². The number of rotatable bonds is 6. The molecule has 1 atom stereocenters. The maximum atomic E-state index is 12.7. The highest BCUT2D eigenvalue weighted by Crippen LogP contribution is 2.34. The highest BCUT2D eigenvalue weighted by atomic mass is 32.2. The molecule has 0 aliphatic carbocycles. The van der Waals surface area contributed by atoms with Gasteiger partial charge in [0, 0.05) is 0 Å². The lowest BCUT2D eigenvalue weighted by Gasteiger charge is -2.27. The fourth-order valence-electron chi connectivity index (χ4n) is 3.19. The second-order valence-electron chi connectivity index (χ2n) is 7.02. The van der Waals surface area contributed by atoms with E-state index in [0.717, 1.165) is 17.5 Å². The highest BCUT2D eigenvalue weighted by Gasteiger charge is 2.27. The van der Waals surface area contributed by atoms with Crippen LogP contribution in [0.25, 0.3) is 0 Å². The summed E-state index contributed by atoms with van der Waals surface area (Å²) in [4.78, 5) is 0.279. The summed E-state index contributed by atoms with van der Waals surface area (Å²) in [5.41, 5.74) is 2.08. The summed E-state index contributed by atoms with van der Waals surface area (Å²) < 4.78 is 39.2. The summed E-state index contributed by atoms with van der Waals surface area (Å²) in [7, 11) is -1.99. The third kappa shape index (κ3) is 4.19. The molecular weight excluding hydrogens is 350 g/mol. The van der Waals surface area contributed by atoms with Gasteiger partial charge in [-0.3, -0.25) is 0 Å². The Labute approximate surface area is 155 Å². The summed E-state index contributed by atoms with van der Waals surface area (Å²) in [5, 5.41) is 0. The number of hydrogen-bond donors (Lipinski definition) is 1. The topological polar surface area (TPSA) is 64.6 Å². The number of fused-ring (bicyclic) bond motifs is 1. The third-order valence-corrected chi connectivity index (χ3v) is 5.91. The molecular formula is C20H25NO4S. The SMILES string of the molecule is COc1cccc2c1OC[C@@H](NS(=O)(=O)c1ccc(CC(C)C)cc1)C2. The van der Waals surface area contributed by atoms with E-state index in [2.05, 4.69) is 18.6 Å². The summed E-state index contributed by atoms with van der Waals surface area (Å²) in [6.45, 7) is 4.56. The number of methoxy groups -OCH3 is 1. The van der Waals surface area contributed by atoms with E-state index in [1.165, 1.54) is 0 Å². The van der Waals surface area contributed by atoms with Crippen LogP contribution < -0.4 is 14.2 Å².